The zero-order valence-electron chi connectivity index (χ0n) is 22.2. The van der Waals surface area contributed by atoms with Gasteiger partial charge < -0.3 is 19.3 Å². The fourth-order valence-electron chi connectivity index (χ4n) is 9.70. The summed E-state index contributed by atoms with van der Waals surface area (Å²) in [6, 6.07) is 9.32. The minimum atomic E-state index is -0.805. The third-order valence-electron chi connectivity index (χ3n) is 11.6. The molecule has 4 bridgehead atoms. The molecule has 8 heteroatoms. The number of anilines is 1. The van der Waals surface area contributed by atoms with Crippen LogP contribution in [0.1, 0.15) is 57.9 Å². The molecule has 3 saturated carbocycles. The Morgan fingerprint density at radius 1 is 0.974 bits per heavy atom. The van der Waals surface area contributed by atoms with Gasteiger partial charge in [-0.3, -0.25) is 14.5 Å². The van der Waals surface area contributed by atoms with Crippen molar-refractivity contribution in [2.45, 2.75) is 76.0 Å². The largest absolute Gasteiger partial charge is 0.481 e. The number of hydrogen-bond donors (Lipinski definition) is 1. The highest BCUT2D eigenvalue weighted by atomic mass is 16.5. The van der Waals surface area contributed by atoms with Crippen molar-refractivity contribution < 1.29 is 14.6 Å². The number of carbonyl (C=O) groups is 1. The molecular weight excluding hydrogens is 480 g/mol. The summed E-state index contributed by atoms with van der Waals surface area (Å²) in [6.07, 6.45) is 8.80. The van der Waals surface area contributed by atoms with E-state index in [1.54, 1.807) is 0 Å². The quantitative estimate of drug-likeness (QED) is 0.663. The molecule has 8 nitrogen and oxygen atoms in total. The minimum Gasteiger partial charge on any atom is -0.481 e. The molecule has 0 amide bonds. The Bertz CT molecular complexity index is 1340. The van der Waals surface area contributed by atoms with Crippen molar-refractivity contribution in [2.24, 2.45) is 29.1 Å². The molecule has 4 heterocycles. The number of rotatable bonds is 4. The lowest BCUT2D eigenvalue weighted by Crippen LogP contribution is -2.62. The maximum atomic E-state index is 14.0. The van der Waals surface area contributed by atoms with Crippen LogP contribution in [-0.2, 0) is 9.53 Å². The lowest BCUT2D eigenvalue weighted by Gasteiger charge is -2.56. The van der Waals surface area contributed by atoms with Gasteiger partial charge in [-0.1, -0.05) is 19.1 Å². The number of carboxylic acid groups (broad SMARTS) is 1. The van der Waals surface area contributed by atoms with Gasteiger partial charge in [-0.2, -0.15) is 0 Å². The van der Waals surface area contributed by atoms with Gasteiger partial charge >= 0.3 is 5.97 Å². The Balaban J connectivity index is 1.11. The number of nitrogens with zero attached hydrogens (tertiary/aromatic N) is 4. The second kappa shape index (κ2) is 8.28. The molecule has 6 fully saturated rings. The predicted octanol–water partition coefficient (Wildman–Crippen LogP) is 3.54. The van der Waals surface area contributed by atoms with Crippen LogP contribution in [0, 0.1) is 29.1 Å². The molecule has 1 N–H and O–H groups in total. The summed E-state index contributed by atoms with van der Waals surface area (Å²) in [5, 5.41) is 9.36. The highest BCUT2D eigenvalue weighted by Gasteiger charge is 2.60. The van der Waals surface area contributed by atoms with Crippen molar-refractivity contribution in [3.8, 4) is 0 Å². The molecule has 0 spiro atoms. The van der Waals surface area contributed by atoms with Gasteiger partial charge in [0, 0.05) is 37.3 Å². The van der Waals surface area contributed by atoms with Crippen molar-refractivity contribution in [2.75, 3.05) is 31.2 Å². The fourth-order valence-corrected chi connectivity index (χ4v) is 9.70. The first-order valence-electron chi connectivity index (χ1n) is 14.7. The SMILES string of the molecule is CC12C[C@H]3C[C@@H](N4[C@@H]5COC[C@H]4CC(n4c(=O)c(N6CC(C(=O)O)C6)nc6ccccc64)C5)C[C@@H]1C[C@@H]2C3. The van der Waals surface area contributed by atoms with E-state index in [-0.39, 0.29) is 11.6 Å². The standard InChI is InChI=1S/C30H38N4O4/c1-30-12-17-6-19(30)8-20(30)9-21(7-17)33-23-10-22(11-24(33)16-38-15-23)34-26-5-3-2-4-25(26)31-27(28(34)35)32-13-18(14-32)29(36)37/h2-5,17-24H,6-16H2,1H3,(H,36,37)/t17-,19+,20+,21-,22?,23-,24+,30?/m1/s1. The number of morpholine rings is 1. The molecule has 202 valence electrons. The van der Waals surface area contributed by atoms with Crippen molar-refractivity contribution in [1.29, 1.82) is 0 Å². The van der Waals surface area contributed by atoms with Crippen LogP contribution in [0.25, 0.3) is 11.0 Å². The van der Waals surface area contributed by atoms with Crippen molar-refractivity contribution in [3.63, 3.8) is 0 Å². The van der Waals surface area contributed by atoms with Crippen LogP contribution in [0.2, 0.25) is 0 Å². The number of para-hydroxylation sites is 2. The van der Waals surface area contributed by atoms with Crippen LogP contribution < -0.4 is 10.5 Å². The Labute approximate surface area is 223 Å². The molecule has 8 atom stereocenters. The summed E-state index contributed by atoms with van der Waals surface area (Å²) < 4.78 is 8.13. The first kappa shape index (κ1) is 23.4. The minimum absolute atomic E-state index is 0.0785. The molecule has 3 aliphatic heterocycles. The number of aromatic nitrogens is 2. The number of aliphatic carboxylic acids is 1. The summed E-state index contributed by atoms with van der Waals surface area (Å²) in [5.74, 6) is 1.90. The Hall–Kier alpha value is -2.45. The maximum Gasteiger partial charge on any atom is 0.310 e. The Morgan fingerprint density at radius 2 is 1.71 bits per heavy atom. The van der Waals surface area contributed by atoms with Crippen LogP contribution in [0.4, 0.5) is 5.82 Å². The number of ether oxygens (including phenoxy) is 1. The maximum absolute atomic E-state index is 14.0. The van der Waals surface area contributed by atoms with E-state index in [0.717, 1.165) is 54.8 Å². The zero-order chi connectivity index (χ0) is 25.8. The molecule has 0 radical (unpaired) electrons. The van der Waals surface area contributed by atoms with E-state index >= 15 is 0 Å². The molecule has 1 aromatic heterocycles. The highest BCUT2D eigenvalue weighted by Crippen LogP contribution is 2.67. The number of benzene rings is 1. The number of piperidine rings is 1. The molecule has 38 heavy (non-hydrogen) atoms. The van der Waals surface area contributed by atoms with Crippen molar-refractivity contribution in [3.05, 3.63) is 34.6 Å². The molecule has 3 aliphatic carbocycles. The van der Waals surface area contributed by atoms with Crippen LogP contribution in [0.3, 0.4) is 0 Å². The normalized spacial score (nSPS) is 40.4. The van der Waals surface area contributed by atoms with E-state index in [2.05, 4.69) is 11.8 Å². The Morgan fingerprint density at radius 3 is 2.47 bits per heavy atom. The number of fused-ring (bicyclic) bond motifs is 4. The molecule has 1 aromatic carbocycles. The van der Waals surface area contributed by atoms with Crippen LogP contribution in [-0.4, -0.2) is 70.0 Å². The van der Waals surface area contributed by atoms with Gasteiger partial charge in [-0.25, -0.2) is 4.98 Å². The van der Waals surface area contributed by atoms with E-state index in [4.69, 9.17) is 9.72 Å². The molecule has 6 aliphatic rings. The molecule has 8 rings (SSSR count). The van der Waals surface area contributed by atoms with Gasteiger partial charge in [-0.05, 0) is 80.2 Å². The summed E-state index contributed by atoms with van der Waals surface area (Å²) in [6.45, 7) is 4.75. The highest BCUT2D eigenvalue weighted by molar-refractivity contribution is 5.78. The molecular formula is C30H38N4O4. The van der Waals surface area contributed by atoms with E-state index in [0.29, 0.717) is 42.4 Å². The fraction of sp³-hybridized carbons (Fsp3) is 0.700. The van der Waals surface area contributed by atoms with E-state index in [9.17, 15) is 14.7 Å². The zero-order valence-corrected chi connectivity index (χ0v) is 22.2. The molecule has 2 aromatic rings. The van der Waals surface area contributed by atoms with E-state index < -0.39 is 11.9 Å². The first-order valence-corrected chi connectivity index (χ1v) is 14.7. The van der Waals surface area contributed by atoms with Crippen LogP contribution in [0.5, 0.6) is 0 Å². The first-order chi connectivity index (χ1) is 18.4. The average molecular weight is 519 g/mol. The molecule has 2 unspecified atom stereocenters. The van der Waals surface area contributed by atoms with Crippen molar-refractivity contribution in [1.82, 2.24) is 14.5 Å². The van der Waals surface area contributed by atoms with E-state index in [1.807, 2.05) is 33.7 Å². The van der Waals surface area contributed by atoms with Crippen LogP contribution in [0.15, 0.2) is 29.1 Å². The average Bonchev–Trinajstić information content (AvgIpc) is 3.02. The monoisotopic (exact) mass is 518 g/mol. The summed E-state index contributed by atoms with van der Waals surface area (Å²) >= 11 is 0. The van der Waals surface area contributed by atoms with Gasteiger partial charge in [0.2, 0.25) is 0 Å². The smallest absolute Gasteiger partial charge is 0.310 e. The third-order valence-corrected chi connectivity index (χ3v) is 11.6. The number of carboxylic acids is 1. The lowest BCUT2D eigenvalue weighted by atomic mass is 9.54. The van der Waals surface area contributed by atoms with Crippen LogP contribution >= 0.6 is 0 Å². The summed E-state index contributed by atoms with van der Waals surface area (Å²) in [7, 11) is 0. The second-order valence-electron chi connectivity index (χ2n) is 13.5. The van der Waals surface area contributed by atoms with Gasteiger partial charge in [0.15, 0.2) is 5.82 Å². The van der Waals surface area contributed by atoms with Gasteiger partial charge in [0.25, 0.3) is 5.56 Å². The number of hydrogen-bond acceptors (Lipinski definition) is 6. The van der Waals surface area contributed by atoms with E-state index in [1.165, 1.54) is 32.1 Å². The topological polar surface area (TPSA) is 87.9 Å². The summed E-state index contributed by atoms with van der Waals surface area (Å²) in [4.78, 5) is 34.8. The van der Waals surface area contributed by atoms with Gasteiger partial charge in [0.05, 0.1) is 30.2 Å². The second-order valence-corrected chi connectivity index (χ2v) is 13.5. The Kier molecular flexibility index (Phi) is 5.10. The van der Waals surface area contributed by atoms with Crippen molar-refractivity contribution >= 4 is 22.8 Å². The lowest BCUT2D eigenvalue weighted by molar-refractivity contribution is -0.142. The van der Waals surface area contributed by atoms with Gasteiger partial charge in [-0.15, -0.1) is 0 Å². The third kappa shape index (κ3) is 3.32. The summed E-state index contributed by atoms with van der Waals surface area (Å²) in [5.41, 5.74) is 2.20. The predicted molar refractivity (Wildman–Crippen MR) is 143 cm³/mol. The molecule has 3 saturated heterocycles. The van der Waals surface area contributed by atoms with Gasteiger partial charge in [0.1, 0.15) is 0 Å².